The summed E-state index contributed by atoms with van der Waals surface area (Å²) in [5.74, 6) is -1.83. The summed E-state index contributed by atoms with van der Waals surface area (Å²) in [5.41, 5.74) is 2.62. The van der Waals surface area contributed by atoms with Gasteiger partial charge in [-0.3, -0.25) is 24.3 Å². The van der Waals surface area contributed by atoms with E-state index < -0.39 is 41.5 Å². The van der Waals surface area contributed by atoms with Crippen molar-refractivity contribution in [3.63, 3.8) is 0 Å². The molecule has 5 aromatic rings. The van der Waals surface area contributed by atoms with E-state index in [-0.39, 0.29) is 18.4 Å². The number of hydrogen-bond acceptors (Lipinski definition) is 8. The van der Waals surface area contributed by atoms with Crippen molar-refractivity contribution in [3.05, 3.63) is 130 Å². The summed E-state index contributed by atoms with van der Waals surface area (Å²) < 4.78 is 12.2. The smallest absolute Gasteiger partial charge is 0.409 e. The van der Waals surface area contributed by atoms with Gasteiger partial charge in [0.05, 0.1) is 18.0 Å². The lowest BCUT2D eigenvalue weighted by Gasteiger charge is -2.26. The van der Waals surface area contributed by atoms with E-state index in [1.807, 2.05) is 37.3 Å². The van der Waals surface area contributed by atoms with Gasteiger partial charge in [0.2, 0.25) is 11.7 Å². The van der Waals surface area contributed by atoms with E-state index in [9.17, 15) is 19.2 Å². The molecular formula is C34H33N5O6. The molecule has 11 heteroatoms. The fraction of sp³-hybridized carbons (Fsp3) is 0.235. The average molecular weight is 608 g/mol. The van der Waals surface area contributed by atoms with Crippen molar-refractivity contribution in [2.45, 2.75) is 46.0 Å². The molecule has 2 heterocycles. The third-order valence-electron chi connectivity index (χ3n) is 7.18. The van der Waals surface area contributed by atoms with Gasteiger partial charge in [0, 0.05) is 6.07 Å². The van der Waals surface area contributed by atoms with Crippen LogP contribution in [0.5, 0.6) is 0 Å². The molecule has 3 aromatic carbocycles. The molecule has 0 saturated heterocycles. The Morgan fingerprint density at radius 1 is 0.867 bits per heavy atom. The zero-order valence-corrected chi connectivity index (χ0v) is 25.1. The van der Waals surface area contributed by atoms with Gasteiger partial charge in [0.15, 0.2) is 6.17 Å². The van der Waals surface area contributed by atoms with Gasteiger partial charge in [0.1, 0.15) is 6.61 Å². The minimum Gasteiger partial charge on any atom is -0.445 e. The van der Waals surface area contributed by atoms with Gasteiger partial charge in [-0.2, -0.15) is 0 Å². The molecule has 11 nitrogen and oxygen atoms in total. The minimum absolute atomic E-state index is 0.0550. The van der Waals surface area contributed by atoms with Crippen molar-refractivity contribution < 1.29 is 23.5 Å². The molecule has 2 unspecified atom stereocenters. The lowest BCUT2D eigenvalue weighted by Crippen LogP contribution is -2.52. The van der Waals surface area contributed by atoms with Crippen LogP contribution in [0.1, 0.15) is 53.3 Å². The molecule has 2 aromatic heterocycles. The minimum atomic E-state index is -1.56. The number of carbonyl (C=O) groups excluding carboxylic acids is 3. The van der Waals surface area contributed by atoms with Crippen LogP contribution in [0.25, 0.3) is 10.9 Å². The quantitative estimate of drug-likeness (QED) is 0.205. The van der Waals surface area contributed by atoms with E-state index in [0.717, 1.165) is 21.3 Å². The first-order valence-corrected chi connectivity index (χ1v) is 14.5. The summed E-state index contributed by atoms with van der Waals surface area (Å²) in [5, 5.41) is 13.9. The first-order valence-electron chi connectivity index (χ1n) is 14.5. The van der Waals surface area contributed by atoms with Gasteiger partial charge < -0.3 is 14.5 Å². The Morgan fingerprint density at radius 2 is 1.60 bits per heavy atom. The molecule has 2 atom stereocenters. The van der Waals surface area contributed by atoms with Crippen LogP contribution in [0.2, 0.25) is 0 Å². The third-order valence-corrected chi connectivity index (χ3v) is 7.18. The normalized spacial score (nSPS) is 12.4. The van der Waals surface area contributed by atoms with E-state index in [1.54, 1.807) is 68.4 Å². The maximum Gasteiger partial charge on any atom is 0.409 e. The van der Waals surface area contributed by atoms with Gasteiger partial charge in [-0.1, -0.05) is 92.2 Å². The number of rotatable bonds is 11. The lowest BCUT2D eigenvalue weighted by atomic mass is 9.99. The molecule has 5 rings (SSSR count). The SMILES string of the molecule is Cc1cccc(Cc2nnc(C(=O)C(NC(=O)C(NC(=O)OCc3ccccc3)n3c(=O)ccc4ccccc43)C(C)C)o2)c1. The van der Waals surface area contributed by atoms with E-state index in [2.05, 4.69) is 20.8 Å². The average Bonchev–Trinajstić information content (AvgIpc) is 3.50. The van der Waals surface area contributed by atoms with Crippen LogP contribution in [0.3, 0.4) is 0 Å². The number of Topliss-reactive ketones (excluding diaryl/α,β-unsaturated/α-hetero) is 1. The first-order chi connectivity index (χ1) is 21.7. The predicted molar refractivity (Wildman–Crippen MR) is 166 cm³/mol. The van der Waals surface area contributed by atoms with Crippen LogP contribution in [-0.4, -0.2) is 38.6 Å². The molecule has 45 heavy (non-hydrogen) atoms. The highest BCUT2D eigenvalue weighted by Gasteiger charge is 2.34. The Hall–Kier alpha value is -5.58. The molecule has 0 aliphatic heterocycles. The number of ether oxygens (including phenoxy) is 1. The molecule has 2 N–H and O–H groups in total. The number of aromatic nitrogens is 3. The Bertz CT molecular complexity index is 1880. The standard InChI is InChI=1S/C34H33N5O6/c1-21(2)29(30(41)33-38-37-27(45-33)19-24-13-9-10-22(3)18-24)35-32(42)31(36-34(43)44-20-23-11-5-4-6-12-23)39-26-15-8-7-14-25(26)16-17-28(39)40/h4-18,21,29,31H,19-20H2,1-3H3,(H,35,42)(H,36,43). The number of carbonyl (C=O) groups is 3. The van der Waals surface area contributed by atoms with Crippen LogP contribution >= 0.6 is 0 Å². The van der Waals surface area contributed by atoms with Crippen molar-refractivity contribution in [2.75, 3.05) is 0 Å². The molecule has 230 valence electrons. The highest BCUT2D eigenvalue weighted by molar-refractivity contribution is 5.99. The van der Waals surface area contributed by atoms with Gasteiger partial charge in [-0.15, -0.1) is 10.2 Å². The van der Waals surface area contributed by atoms with Crippen molar-refractivity contribution in [2.24, 2.45) is 5.92 Å². The van der Waals surface area contributed by atoms with Crippen molar-refractivity contribution in [1.29, 1.82) is 0 Å². The van der Waals surface area contributed by atoms with Gasteiger partial charge in [-0.25, -0.2) is 4.79 Å². The van der Waals surface area contributed by atoms with Crippen molar-refractivity contribution in [3.8, 4) is 0 Å². The maximum absolute atomic E-state index is 13.9. The molecule has 0 radical (unpaired) electrons. The monoisotopic (exact) mass is 607 g/mol. The zero-order valence-electron chi connectivity index (χ0n) is 25.1. The van der Waals surface area contributed by atoms with E-state index in [4.69, 9.17) is 9.15 Å². The fourth-order valence-corrected chi connectivity index (χ4v) is 4.92. The number of hydrogen-bond donors (Lipinski definition) is 2. The van der Waals surface area contributed by atoms with E-state index >= 15 is 0 Å². The lowest BCUT2D eigenvalue weighted by molar-refractivity contribution is -0.125. The highest BCUT2D eigenvalue weighted by Crippen LogP contribution is 2.18. The van der Waals surface area contributed by atoms with E-state index in [1.165, 1.54) is 6.07 Å². The number of fused-ring (bicyclic) bond motifs is 1. The summed E-state index contributed by atoms with van der Waals surface area (Å²) in [4.78, 5) is 53.6. The third kappa shape index (κ3) is 7.50. The largest absolute Gasteiger partial charge is 0.445 e. The maximum atomic E-state index is 13.9. The van der Waals surface area contributed by atoms with Crippen LogP contribution < -0.4 is 16.2 Å². The number of para-hydroxylation sites is 1. The van der Waals surface area contributed by atoms with Crippen LogP contribution in [0.4, 0.5) is 4.79 Å². The molecule has 0 bridgehead atoms. The van der Waals surface area contributed by atoms with Gasteiger partial charge >= 0.3 is 6.09 Å². The molecule has 0 aliphatic carbocycles. The molecular weight excluding hydrogens is 574 g/mol. The number of nitrogens with one attached hydrogen (secondary N) is 2. The second-order valence-electron chi connectivity index (χ2n) is 11.0. The Labute approximate surface area is 259 Å². The molecule has 0 fully saturated rings. The Balaban J connectivity index is 1.40. The fourth-order valence-electron chi connectivity index (χ4n) is 4.92. The van der Waals surface area contributed by atoms with Gasteiger partial charge in [-0.05, 0) is 41.5 Å². The van der Waals surface area contributed by atoms with Gasteiger partial charge in [0.25, 0.3) is 17.4 Å². The predicted octanol–water partition coefficient (Wildman–Crippen LogP) is 4.73. The number of alkyl carbamates (subject to hydrolysis) is 1. The number of aryl methyl sites for hydroxylation is 1. The topological polar surface area (TPSA) is 145 Å². The second-order valence-corrected chi connectivity index (χ2v) is 11.0. The summed E-state index contributed by atoms with van der Waals surface area (Å²) in [6, 6.07) is 25.6. The van der Waals surface area contributed by atoms with Crippen molar-refractivity contribution >= 4 is 28.7 Å². The Kier molecular flexibility index (Phi) is 9.47. The summed E-state index contributed by atoms with van der Waals surface area (Å²) in [7, 11) is 0. The molecule has 0 spiro atoms. The second kappa shape index (κ2) is 13.8. The molecule has 2 amide bonds. The first kappa shape index (κ1) is 30.9. The number of nitrogens with zero attached hydrogens (tertiary/aromatic N) is 3. The number of amides is 2. The summed E-state index contributed by atoms with van der Waals surface area (Å²) >= 11 is 0. The number of pyridine rings is 1. The van der Waals surface area contributed by atoms with Crippen molar-refractivity contribution in [1.82, 2.24) is 25.4 Å². The molecule has 0 saturated carbocycles. The Morgan fingerprint density at radius 3 is 2.36 bits per heavy atom. The number of ketones is 1. The van der Waals surface area contributed by atoms with Crippen LogP contribution in [-0.2, 0) is 22.6 Å². The summed E-state index contributed by atoms with van der Waals surface area (Å²) in [6.07, 6.45) is -2.15. The zero-order chi connectivity index (χ0) is 31.9. The van der Waals surface area contributed by atoms with E-state index in [0.29, 0.717) is 17.3 Å². The number of benzene rings is 3. The van der Waals surface area contributed by atoms with Crippen LogP contribution in [0.15, 0.2) is 100 Å². The highest BCUT2D eigenvalue weighted by atomic mass is 16.5. The summed E-state index contributed by atoms with van der Waals surface area (Å²) in [6.45, 7) is 5.40. The van der Waals surface area contributed by atoms with Crippen LogP contribution in [0, 0.1) is 12.8 Å². The molecule has 0 aliphatic rings.